The normalized spacial score (nSPS) is 24.7. The zero-order chi connectivity index (χ0) is 22.9. The summed E-state index contributed by atoms with van der Waals surface area (Å²) in [7, 11) is 1.60. The Morgan fingerprint density at radius 2 is 1.76 bits per heavy atom. The lowest BCUT2D eigenvalue weighted by molar-refractivity contribution is -0.0293. The van der Waals surface area contributed by atoms with Crippen molar-refractivity contribution < 1.29 is 9.13 Å². The van der Waals surface area contributed by atoms with Crippen LogP contribution in [0.5, 0.6) is 0 Å². The molecular formula is C26H34FN3O3. The topological polar surface area (TPSA) is 56.5 Å². The smallest absolute Gasteiger partial charge is 0.330 e. The zero-order valence-corrected chi connectivity index (χ0v) is 19.5. The Bertz CT molecular complexity index is 1110. The highest BCUT2D eigenvalue weighted by Gasteiger charge is 2.40. The molecule has 6 nitrogen and oxygen atoms in total. The summed E-state index contributed by atoms with van der Waals surface area (Å²) >= 11 is 0. The average molecular weight is 456 g/mol. The van der Waals surface area contributed by atoms with Gasteiger partial charge in [-0.15, -0.1) is 0 Å². The van der Waals surface area contributed by atoms with Gasteiger partial charge in [-0.3, -0.25) is 18.8 Å². The van der Waals surface area contributed by atoms with E-state index in [4.69, 9.17) is 4.74 Å². The lowest BCUT2D eigenvalue weighted by Crippen LogP contribution is -2.46. The van der Waals surface area contributed by atoms with Gasteiger partial charge in [0.15, 0.2) is 0 Å². The third-order valence-corrected chi connectivity index (χ3v) is 7.92. The molecule has 0 saturated carbocycles. The van der Waals surface area contributed by atoms with E-state index in [1.165, 1.54) is 23.5 Å². The van der Waals surface area contributed by atoms with E-state index in [-0.39, 0.29) is 23.2 Å². The first-order chi connectivity index (χ1) is 16.0. The maximum absolute atomic E-state index is 13.9. The number of nitrogens with zero attached hydrogens (tertiary/aromatic N) is 3. The van der Waals surface area contributed by atoms with Crippen LogP contribution >= 0.6 is 0 Å². The van der Waals surface area contributed by atoms with E-state index in [9.17, 15) is 14.0 Å². The second-order valence-corrected chi connectivity index (χ2v) is 9.90. The van der Waals surface area contributed by atoms with Gasteiger partial charge in [-0.05, 0) is 63.9 Å². The number of ether oxygens (including phenoxy) is 1. The quantitative estimate of drug-likeness (QED) is 0.644. The number of benzene rings is 1. The van der Waals surface area contributed by atoms with Crippen molar-refractivity contribution in [3.8, 4) is 0 Å². The number of rotatable bonds is 7. The largest absolute Gasteiger partial charge is 0.373 e. The molecule has 0 N–H and O–H groups in total. The van der Waals surface area contributed by atoms with Crippen LogP contribution in [0, 0.1) is 5.82 Å². The average Bonchev–Trinajstić information content (AvgIpc) is 3.06. The monoisotopic (exact) mass is 455 g/mol. The molecule has 1 aromatic heterocycles. The minimum atomic E-state index is -0.200. The number of hydrogen-bond acceptors (Lipinski definition) is 4. The van der Waals surface area contributed by atoms with E-state index in [0.29, 0.717) is 30.8 Å². The van der Waals surface area contributed by atoms with Gasteiger partial charge < -0.3 is 4.74 Å². The first-order valence-corrected chi connectivity index (χ1v) is 12.4. The zero-order valence-electron chi connectivity index (χ0n) is 19.5. The van der Waals surface area contributed by atoms with Crippen LogP contribution < -0.4 is 11.2 Å². The molecule has 5 rings (SSSR count). The number of hydrogen-bond donors (Lipinski definition) is 0. The molecule has 0 amide bonds. The summed E-state index contributed by atoms with van der Waals surface area (Å²) < 4.78 is 23.2. The highest BCUT2D eigenvalue weighted by molar-refractivity contribution is 5.21. The molecule has 2 aliphatic heterocycles. The van der Waals surface area contributed by atoms with Gasteiger partial charge in [0, 0.05) is 49.0 Å². The molecule has 3 heterocycles. The Balaban J connectivity index is 1.19. The fourth-order valence-electron chi connectivity index (χ4n) is 6.19. The van der Waals surface area contributed by atoms with Crippen molar-refractivity contribution in [3.05, 3.63) is 67.7 Å². The summed E-state index contributed by atoms with van der Waals surface area (Å²) in [4.78, 5) is 27.9. The highest BCUT2D eigenvalue weighted by atomic mass is 19.1. The van der Waals surface area contributed by atoms with E-state index in [1.807, 2.05) is 10.6 Å². The molecule has 2 fully saturated rings. The Morgan fingerprint density at radius 1 is 1.03 bits per heavy atom. The molecule has 2 atom stereocenters. The van der Waals surface area contributed by atoms with E-state index in [0.717, 1.165) is 62.7 Å². The first kappa shape index (κ1) is 22.5. The third-order valence-electron chi connectivity index (χ3n) is 7.92. The van der Waals surface area contributed by atoms with Gasteiger partial charge in [-0.25, -0.2) is 9.18 Å². The molecule has 2 aromatic rings. The number of fused-ring (bicyclic) bond motifs is 3. The minimum absolute atomic E-state index is 0.110. The van der Waals surface area contributed by atoms with E-state index in [2.05, 4.69) is 4.90 Å². The second-order valence-electron chi connectivity index (χ2n) is 9.90. The van der Waals surface area contributed by atoms with Crippen LogP contribution in [0.4, 0.5) is 4.39 Å². The van der Waals surface area contributed by atoms with Crippen molar-refractivity contribution in [3.63, 3.8) is 0 Å². The number of piperidine rings is 1. The summed E-state index contributed by atoms with van der Waals surface area (Å²) in [6.07, 6.45) is 9.10. The molecule has 0 radical (unpaired) electrons. The van der Waals surface area contributed by atoms with Crippen LogP contribution in [0.1, 0.15) is 61.8 Å². The maximum Gasteiger partial charge on any atom is 0.330 e. The van der Waals surface area contributed by atoms with Crippen LogP contribution in [0.3, 0.4) is 0 Å². The van der Waals surface area contributed by atoms with Gasteiger partial charge in [0.2, 0.25) is 0 Å². The van der Waals surface area contributed by atoms with Gasteiger partial charge in [0.25, 0.3) is 5.56 Å². The van der Waals surface area contributed by atoms with E-state index in [1.54, 1.807) is 19.2 Å². The maximum atomic E-state index is 13.9. The fraction of sp³-hybridized carbons (Fsp3) is 0.615. The van der Waals surface area contributed by atoms with Gasteiger partial charge in [0.1, 0.15) is 5.82 Å². The summed E-state index contributed by atoms with van der Waals surface area (Å²) in [5.41, 5.74) is 2.15. The van der Waals surface area contributed by atoms with Gasteiger partial charge in [-0.1, -0.05) is 18.2 Å². The lowest BCUT2D eigenvalue weighted by atomic mass is 9.96. The van der Waals surface area contributed by atoms with Gasteiger partial charge >= 0.3 is 5.69 Å². The van der Waals surface area contributed by atoms with Crippen molar-refractivity contribution in [2.75, 3.05) is 6.54 Å². The molecule has 33 heavy (non-hydrogen) atoms. The minimum Gasteiger partial charge on any atom is -0.373 e. The van der Waals surface area contributed by atoms with Crippen LogP contribution in [0.25, 0.3) is 0 Å². The van der Waals surface area contributed by atoms with E-state index < -0.39 is 0 Å². The fourth-order valence-corrected chi connectivity index (χ4v) is 6.19. The van der Waals surface area contributed by atoms with Gasteiger partial charge in [0.05, 0.1) is 12.7 Å². The third kappa shape index (κ3) is 4.45. The SMILES string of the molecule is Cn1c(=O)c2c(n(CCCN3C4CCC3CC(OCc3ccccc3F)C4)c1=O)CCCC2. The molecule has 1 aliphatic carbocycles. The van der Waals surface area contributed by atoms with Crippen LogP contribution in [0.15, 0.2) is 33.9 Å². The molecule has 0 spiro atoms. The molecule has 2 saturated heterocycles. The van der Waals surface area contributed by atoms with Crippen molar-refractivity contribution in [1.82, 2.24) is 14.0 Å². The Morgan fingerprint density at radius 3 is 2.52 bits per heavy atom. The van der Waals surface area contributed by atoms with Crippen LogP contribution in [0.2, 0.25) is 0 Å². The molecule has 3 aliphatic rings. The van der Waals surface area contributed by atoms with Crippen molar-refractivity contribution in [1.29, 1.82) is 0 Å². The molecule has 2 unspecified atom stereocenters. The summed E-state index contributed by atoms with van der Waals surface area (Å²) in [5, 5.41) is 0. The standard InChI is InChI=1S/C26H34FN3O3/c1-28-25(31)22-8-3-5-10-24(22)30(26(28)32)14-6-13-29-19-11-12-20(29)16-21(15-19)33-17-18-7-2-4-9-23(18)27/h2,4,7,9,19-21H,3,5-6,8,10-17H2,1H3. The predicted molar refractivity (Wildman–Crippen MR) is 125 cm³/mol. The molecule has 178 valence electrons. The van der Waals surface area contributed by atoms with E-state index >= 15 is 0 Å². The summed E-state index contributed by atoms with van der Waals surface area (Å²) in [5.74, 6) is -0.200. The summed E-state index contributed by atoms with van der Waals surface area (Å²) in [6, 6.07) is 7.83. The number of halogens is 1. The molecule has 7 heteroatoms. The molecule has 2 bridgehead atoms. The highest BCUT2D eigenvalue weighted by Crippen LogP contribution is 2.37. The summed E-state index contributed by atoms with van der Waals surface area (Å²) in [6.45, 7) is 1.95. The Labute approximate surface area is 194 Å². The van der Waals surface area contributed by atoms with Crippen molar-refractivity contribution >= 4 is 0 Å². The predicted octanol–water partition coefficient (Wildman–Crippen LogP) is 3.17. The molecule has 1 aromatic carbocycles. The Kier molecular flexibility index (Phi) is 6.52. The lowest BCUT2D eigenvalue weighted by Gasteiger charge is -2.39. The second kappa shape index (κ2) is 9.55. The Hall–Kier alpha value is -2.25. The van der Waals surface area contributed by atoms with Crippen LogP contribution in [-0.2, 0) is 37.8 Å². The van der Waals surface area contributed by atoms with Gasteiger partial charge in [-0.2, -0.15) is 0 Å². The van der Waals surface area contributed by atoms with Crippen molar-refractivity contribution in [2.45, 2.75) is 89.1 Å². The first-order valence-electron chi connectivity index (χ1n) is 12.4. The van der Waals surface area contributed by atoms with Crippen molar-refractivity contribution in [2.24, 2.45) is 7.05 Å². The van der Waals surface area contributed by atoms with Crippen LogP contribution in [-0.4, -0.2) is 38.8 Å². The number of aromatic nitrogens is 2. The molecular weight excluding hydrogens is 421 g/mol.